The van der Waals surface area contributed by atoms with Gasteiger partial charge in [0.2, 0.25) is 5.88 Å². The Kier molecular flexibility index (Phi) is 3.46. The molecule has 1 spiro atoms. The van der Waals surface area contributed by atoms with Crippen LogP contribution in [0.15, 0.2) is 23.7 Å². The van der Waals surface area contributed by atoms with Crippen molar-refractivity contribution in [2.75, 3.05) is 19.6 Å². The van der Waals surface area contributed by atoms with Crippen molar-refractivity contribution in [1.29, 1.82) is 0 Å². The zero-order chi connectivity index (χ0) is 15.2. The van der Waals surface area contributed by atoms with Crippen LogP contribution in [0.3, 0.4) is 0 Å². The van der Waals surface area contributed by atoms with Gasteiger partial charge in [-0.15, -0.1) is 11.3 Å². The van der Waals surface area contributed by atoms with E-state index in [9.17, 15) is 0 Å². The minimum absolute atomic E-state index is 0.0341. The Labute approximate surface area is 135 Å². The lowest BCUT2D eigenvalue weighted by Crippen LogP contribution is -2.51. The van der Waals surface area contributed by atoms with Crippen LogP contribution in [0.25, 0.3) is 10.4 Å². The summed E-state index contributed by atoms with van der Waals surface area (Å²) in [4.78, 5) is 8.41. The number of piperidine rings is 1. The van der Waals surface area contributed by atoms with Gasteiger partial charge in [0.1, 0.15) is 5.60 Å². The number of aromatic nitrogens is 1. The van der Waals surface area contributed by atoms with Gasteiger partial charge in [0.25, 0.3) is 0 Å². The molecule has 0 amide bonds. The SMILES string of the molecule is CCN1CCC[C@]2(Cc3cc(-c4cc(C)cs4)cnc3O2)C1. The number of ether oxygens (including phenoxy) is 1. The fourth-order valence-corrected chi connectivity index (χ4v) is 4.59. The maximum atomic E-state index is 6.31. The highest BCUT2D eigenvalue weighted by Gasteiger charge is 2.43. The molecule has 2 aliphatic rings. The minimum Gasteiger partial charge on any atom is -0.469 e. The number of rotatable bonds is 2. The van der Waals surface area contributed by atoms with Crippen molar-refractivity contribution in [3.8, 4) is 16.3 Å². The molecular weight excluding hydrogens is 292 g/mol. The molecule has 0 N–H and O–H groups in total. The smallest absolute Gasteiger partial charge is 0.217 e. The summed E-state index contributed by atoms with van der Waals surface area (Å²) in [5.74, 6) is 0.856. The van der Waals surface area contributed by atoms with E-state index in [-0.39, 0.29) is 5.60 Å². The van der Waals surface area contributed by atoms with E-state index in [1.807, 2.05) is 6.20 Å². The molecule has 2 aromatic rings. The Morgan fingerprint density at radius 1 is 1.41 bits per heavy atom. The lowest BCUT2D eigenvalue weighted by atomic mass is 9.88. The van der Waals surface area contributed by atoms with Gasteiger partial charge in [-0.2, -0.15) is 0 Å². The summed E-state index contributed by atoms with van der Waals surface area (Å²) in [6.07, 6.45) is 5.33. The number of nitrogens with zero attached hydrogens (tertiary/aromatic N) is 2. The summed E-state index contributed by atoms with van der Waals surface area (Å²) in [5, 5.41) is 2.20. The largest absolute Gasteiger partial charge is 0.469 e. The summed E-state index contributed by atoms with van der Waals surface area (Å²) in [7, 11) is 0. The first-order chi connectivity index (χ1) is 10.7. The number of likely N-dealkylation sites (tertiary alicyclic amines) is 1. The molecule has 4 rings (SSSR count). The molecule has 3 nitrogen and oxygen atoms in total. The highest BCUT2D eigenvalue weighted by Crippen LogP contribution is 2.40. The molecule has 1 atom stereocenters. The van der Waals surface area contributed by atoms with Gasteiger partial charge >= 0.3 is 0 Å². The van der Waals surface area contributed by atoms with Crippen molar-refractivity contribution in [2.24, 2.45) is 0 Å². The van der Waals surface area contributed by atoms with Crippen molar-refractivity contribution in [1.82, 2.24) is 9.88 Å². The second-order valence-corrected chi connectivity index (χ2v) is 7.52. The van der Waals surface area contributed by atoms with E-state index in [4.69, 9.17) is 4.74 Å². The number of hydrogen-bond donors (Lipinski definition) is 0. The lowest BCUT2D eigenvalue weighted by Gasteiger charge is -2.38. The Morgan fingerprint density at radius 2 is 2.32 bits per heavy atom. The van der Waals surface area contributed by atoms with Crippen LogP contribution in [-0.2, 0) is 6.42 Å². The molecule has 0 bridgehead atoms. The summed E-state index contributed by atoms with van der Waals surface area (Å²) in [6, 6.07) is 4.52. The molecule has 0 unspecified atom stereocenters. The normalized spacial score (nSPS) is 24.5. The number of thiophene rings is 1. The van der Waals surface area contributed by atoms with Crippen LogP contribution in [0.5, 0.6) is 5.88 Å². The van der Waals surface area contributed by atoms with Crippen molar-refractivity contribution in [2.45, 2.75) is 38.7 Å². The second kappa shape index (κ2) is 5.36. The van der Waals surface area contributed by atoms with Gasteiger partial charge < -0.3 is 4.74 Å². The summed E-state index contributed by atoms with van der Waals surface area (Å²) < 4.78 is 6.31. The Morgan fingerprint density at radius 3 is 3.09 bits per heavy atom. The van der Waals surface area contributed by atoms with Crippen molar-refractivity contribution in [3.05, 3.63) is 34.8 Å². The monoisotopic (exact) mass is 314 g/mol. The number of aryl methyl sites for hydroxylation is 1. The molecule has 2 aliphatic heterocycles. The van der Waals surface area contributed by atoms with Crippen molar-refractivity contribution < 1.29 is 4.74 Å². The predicted octanol–water partition coefficient (Wildman–Crippen LogP) is 3.91. The number of hydrogen-bond acceptors (Lipinski definition) is 4. The van der Waals surface area contributed by atoms with Gasteiger partial charge in [-0.05, 0) is 55.9 Å². The van der Waals surface area contributed by atoms with E-state index >= 15 is 0 Å². The van der Waals surface area contributed by atoms with Gasteiger partial charge in [-0.25, -0.2) is 4.98 Å². The van der Waals surface area contributed by atoms with E-state index in [2.05, 4.69) is 41.2 Å². The van der Waals surface area contributed by atoms with Crippen LogP contribution in [0, 0.1) is 6.92 Å². The van der Waals surface area contributed by atoms with E-state index < -0.39 is 0 Å². The number of likely N-dealkylation sites (N-methyl/N-ethyl adjacent to an activating group) is 1. The van der Waals surface area contributed by atoms with Gasteiger partial charge in [0.15, 0.2) is 0 Å². The molecule has 0 radical (unpaired) electrons. The average molecular weight is 314 g/mol. The van der Waals surface area contributed by atoms with Gasteiger partial charge in [-0.3, -0.25) is 4.90 Å². The van der Waals surface area contributed by atoms with E-state index in [1.54, 1.807) is 11.3 Å². The third-order valence-electron chi connectivity index (χ3n) is 4.83. The van der Waals surface area contributed by atoms with E-state index in [0.29, 0.717) is 0 Å². The topological polar surface area (TPSA) is 25.4 Å². The molecule has 0 aliphatic carbocycles. The summed E-state index contributed by atoms with van der Waals surface area (Å²) in [5.41, 5.74) is 3.79. The standard InChI is InChI=1S/C18H22N2OS/c1-3-20-6-4-5-18(12-20)9-14-8-15(10-19-17(14)21-18)16-7-13(2)11-22-16/h7-8,10-11H,3-6,9,12H2,1-2H3/t18-/m0/s1. The van der Waals surface area contributed by atoms with Crippen LogP contribution in [0.2, 0.25) is 0 Å². The summed E-state index contributed by atoms with van der Waals surface area (Å²) >= 11 is 1.79. The van der Waals surface area contributed by atoms with Crippen LogP contribution >= 0.6 is 11.3 Å². The van der Waals surface area contributed by atoms with Crippen LogP contribution in [-0.4, -0.2) is 35.1 Å². The van der Waals surface area contributed by atoms with Crippen molar-refractivity contribution >= 4 is 11.3 Å². The summed E-state index contributed by atoms with van der Waals surface area (Å²) in [6.45, 7) is 7.71. The molecule has 4 heteroatoms. The van der Waals surface area contributed by atoms with Crippen LogP contribution < -0.4 is 4.74 Å². The molecule has 0 aromatic carbocycles. The first-order valence-corrected chi connectivity index (χ1v) is 9.01. The van der Waals surface area contributed by atoms with Crippen LogP contribution in [0.1, 0.15) is 30.9 Å². The maximum absolute atomic E-state index is 6.31. The molecular formula is C18H22N2OS. The molecule has 1 fully saturated rings. The maximum Gasteiger partial charge on any atom is 0.217 e. The molecule has 2 aromatic heterocycles. The first kappa shape index (κ1) is 14.2. The van der Waals surface area contributed by atoms with Gasteiger partial charge in [0, 0.05) is 35.2 Å². The van der Waals surface area contributed by atoms with Gasteiger partial charge in [-0.1, -0.05) is 6.92 Å². The zero-order valence-electron chi connectivity index (χ0n) is 13.3. The third-order valence-corrected chi connectivity index (χ3v) is 5.93. The Bertz CT molecular complexity index is 696. The average Bonchev–Trinajstić information content (AvgIpc) is 3.09. The molecule has 4 heterocycles. The fourth-order valence-electron chi connectivity index (χ4n) is 3.71. The highest BCUT2D eigenvalue weighted by atomic mass is 32.1. The molecule has 1 saturated heterocycles. The van der Waals surface area contributed by atoms with Crippen LogP contribution in [0.4, 0.5) is 0 Å². The van der Waals surface area contributed by atoms with Crippen molar-refractivity contribution in [3.63, 3.8) is 0 Å². The number of fused-ring (bicyclic) bond motifs is 1. The molecule has 0 saturated carbocycles. The lowest BCUT2D eigenvalue weighted by molar-refractivity contribution is 0.00781. The van der Waals surface area contributed by atoms with Gasteiger partial charge in [0.05, 0.1) is 0 Å². The molecule has 116 valence electrons. The third kappa shape index (κ3) is 2.44. The number of pyridine rings is 1. The zero-order valence-corrected chi connectivity index (χ0v) is 14.1. The van der Waals surface area contributed by atoms with E-state index in [0.717, 1.165) is 31.8 Å². The molecule has 22 heavy (non-hydrogen) atoms. The Hall–Kier alpha value is -1.39. The fraction of sp³-hybridized carbons (Fsp3) is 0.500. The Balaban J connectivity index is 1.61. The predicted molar refractivity (Wildman–Crippen MR) is 90.7 cm³/mol. The first-order valence-electron chi connectivity index (χ1n) is 8.13. The highest BCUT2D eigenvalue weighted by molar-refractivity contribution is 7.13. The second-order valence-electron chi connectivity index (χ2n) is 6.61. The quantitative estimate of drug-likeness (QED) is 0.840. The van der Waals surface area contributed by atoms with E-state index in [1.165, 1.54) is 34.5 Å². The minimum atomic E-state index is -0.0341.